The molecule has 2 rings (SSSR count). The van der Waals surface area contributed by atoms with E-state index in [-0.39, 0.29) is 11.9 Å². The minimum absolute atomic E-state index is 0.0810. The third-order valence-electron chi connectivity index (χ3n) is 3.30. The topological polar surface area (TPSA) is 33.2 Å². The summed E-state index contributed by atoms with van der Waals surface area (Å²) in [5.41, 5.74) is 0.394. The van der Waals surface area contributed by atoms with Gasteiger partial charge in [0.05, 0.1) is 0 Å². The third-order valence-corrected chi connectivity index (χ3v) is 3.30. The number of pyridine rings is 1. The van der Waals surface area contributed by atoms with Crippen molar-refractivity contribution in [1.29, 1.82) is 0 Å². The van der Waals surface area contributed by atoms with Gasteiger partial charge in [0.15, 0.2) is 0 Å². The number of likely N-dealkylation sites (tertiary alicyclic amines) is 1. The molecule has 0 radical (unpaired) electrons. The van der Waals surface area contributed by atoms with Gasteiger partial charge in [-0.05, 0) is 24.8 Å². The van der Waals surface area contributed by atoms with Gasteiger partial charge >= 0.3 is 0 Å². The maximum absolute atomic E-state index is 13.0. The van der Waals surface area contributed by atoms with Crippen LogP contribution < -0.4 is 0 Å². The molecule has 0 N–H and O–H groups in total. The highest BCUT2D eigenvalue weighted by molar-refractivity contribution is 5.94. The van der Waals surface area contributed by atoms with Gasteiger partial charge in [-0.2, -0.15) is 4.39 Å². The second-order valence-electron chi connectivity index (χ2n) is 4.82. The van der Waals surface area contributed by atoms with Gasteiger partial charge in [-0.3, -0.25) is 4.79 Å². The lowest BCUT2D eigenvalue weighted by atomic mass is 10.0. The third kappa shape index (κ3) is 2.46. The molecule has 1 unspecified atom stereocenters. The van der Waals surface area contributed by atoms with Crippen molar-refractivity contribution >= 4 is 5.91 Å². The van der Waals surface area contributed by atoms with E-state index in [1.165, 1.54) is 12.3 Å². The number of nitrogens with zero attached hydrogens (tertiary/aromatic N) is 2. The predicted molar refractivity (Wildman–Crippen MR) is 63.1 cm³/mol. The molecule has 0 saturated carbocycles. The summed E-state index contributed by atoms with van der Waals surface area (Å²) >= 11 is 0. The van der Waals surface area contributed by atoms with Crippen LogP contribution in [0.25, 0.3) is 0 Å². The lowest BCUT2D eigenvalue weighted by molar-refractivity contribution is 0.0701. The molecule has 1 fully saturated rings. The number of carbonyl (C=O) groups excluding carboxylic acids is 1. The van der Waals surface area contributed by atoms with Crippen molar-refractivity contribution in [3.63, 3.8) is 0 Å². The van der Waals surface area contributed by atoms with Crippen LogP contribution in [0.3, 0.4) is 0 Å². The fourth-order valence-electron chi connectivity index (χ4n) is 2.44. The Bertz CT molecular complexity index is 420. The highest BCUT2D eigenvalue weighted by Gasteiger charge is 2.31. The summed E-state index contributed by atoms with van der Waals surface area (Å²) in [4.78, 5) is 17.6. The van der Waals surface area contributed by atoms with E-state index < -0.39 is 5.95 Å². The van der Waals surface area contributed by atoms with Crippen LogP contribution in [0.15, 0.2) is 18.3 Å². The van der Waals surface area contributed by atoms with Crippen molar-refractivity contribution in [3.8, 4) is 0 Å². The second kappa shape index (κ2) is 4.82. The Morgan fingerprint density at radius 2 is 2.35 bits per heavy atom. The first-order valence-electron chi connectivity index (χ1n) is 6.02. The lowest BCUT2D eigenvalue weighted by Gasteiger charge is -2.27. The van der Waals surface area contributed by atoms with Crippen LogP contribution in [0.1, 0.15) is 37.0 Å². The average molecular weight is 236 g/mol. The number of rotatable bonds is 2. The molecule has 0 bridgehead atoms. The molecule has 3 nitrogen and oxygen atoms in total. The minimum Gasteiger partial charge on any atom is -0.335 e. The Hall–Kier alpha value is -1.45. The zero-order chi connectivity index (χ0) is 12.4. The van der Waals surface area contributed by atoms with E-state index in [0.717, 1.165) is 19.4 Å². The Morgan fingerprint density at radius 3 is 3.00 bits per heavy atom. The molecule has 1 aliphatic heterocycles. The van der Waals surface area contributed by atoms with E-state index >= 15 is 0 Å². The smallest absolute Gasteiger partial charge is 0.254 e. The van der Waals surface area contributed by atoms with Crippen molar-refractivity contribution in [2.45, 2.75) is 32.7 Å². The normalized spacial score (nSPS) is 20.0. The van der Waals surface area contributed by atoms with Crippen LogP contribution in [0, 0.1) is 11.9 Å². The summed E-state index contributed by atoms with van der Waals surface area (Å²) in [6, 6.07) is 3.05. The minimum atomic E-state index is -0.601. The molecule has 1 atom stereocenters. The number of hydrogen-bond donors (Lipinski definition) is 0. The quantitative estimate of drug-likeness (QED) is 0.739. The fraction of sp³-hybridized carbons (Fsp3) is 0.538. The largest absolute Gasteiger partial charge is 0.335 e. The van der Waals surface area contributed by atoms with Gasteiger partial charge in [0.1, 0.15) is 0 Å². The van der Waals surface area contributed by atoms with Crippen LogP contribution in [-0.4, -0.2) is 28.4 Å². The second-order valence-corrected chi connectivity index (χ2v) is 4.82. The first-order chi connectivity index (χ1) is 8.09. The van der Waals surface area contributed by atoms with Crippen molar-refractivity contribution in [1.82, 2.24) is 9.88 Å². The van der Waals surface area contributed by atoms with Gasteiger partial charge in [-0.15, -0.1) is 0 Å². The van der Waals surface area contributed by atoms with Crippen LogP contribution in [-0.2, 0) is 0 Å². The SMILES string of the molecule is CC(C)C1CCCN1C(=O)c1ccnc(F)c1. The Balaban J connectivity index is 2.20. The van der Waals surface area contributed by atoms with E-state index in [0.29, 0.717) is 11.5 Å². The summed E-state index contributed by atoms with van der Waals surface area (Å²) in [5.74, 6) is -0.244. The molecule has 1 aromatic heterocycles. The number of halogens is 1. The Kier molecular flexibility index (Phi) is 3.41. The van der Waals surface area contributed by atoms with E-state index in [1.54, 1.807) is 6.07 Å². The number of aromatic nitrogens is 1. The molecule has 92 valence electrons. The number of hydrogen-bond acceptors (Lipinski definition) is 2. The van der Waals surface area contributed by atoms with Gasteiger partial charge in [0, 0.05) is 30.4 Å². The van der Waals surface area contributed by atoms with Gasteiger partial charge in [0.2, 0.25) is 5.95 Å². The Morgan fingerprint density at radius 1 is 1.59 bits per heavy atom. The molecular formula is C13H17FN2O. The molecule has 4 heteroatoms. The molecule has 1 aromatic rings. The molecule has 1 saturated heterocycles. The predicted octanol–water partition coefficient (Wildman–Crippen LogP) is 2.48. The zero-order valence-electron chi connectivity index (χ0n) is 10.2. The Labute approximate surface area is 101 Å². The monoisotopic (exact) mass is 236 g/mol. The van der Waals surface area contributed by atoms with E-state index in [1.807, 2.05) is 4.90 Å². The van der Waals surface area contributed by atoms with Crippen LogP contribution in [0.5, 0.6) is 0 Å². The van der Waals surface area contributed by atoms with Crippen molar-refractivity contribution in [3.05, 3.63) is 29.8 Å². The average Bonchev–Trinajstić information content (AvgIpc) is 2.77. The maximum Gasteiger partial charge on any atom is 0.254 e. The van der Waals surface area contributed by atoms with E-state index in [9.17, 15) is 9.18 Å². The molecule has 17 heavy (non-hydrogen) atoms. The van der Waals surface area contributed by atoms with Crippen LogP contribution in [0.2, 0.25) is 0 Å². The first-order valence-corrected chi connectivity index (χ1v) is 6.02. The molecule has 0 aliphatic carbocycles. The van der Waals surface area contributed by atoms with Gasteiger partial charge in [0.25, 0.3) is 5.91 Å². The molecule has 2 heterocycles. The highest BCUT2D eigenvalue weighted by atomic mass is 19.1. The summed E-state index contributed by atoms with van der Waals surface area (Å²) in [7, 11) is 0. The van der Waals surface area contributed by atoms with Gasteiger partial charge < -0.3 is 4.90 Å². The molecule has 1 amide bonds. The van der Waals surface area contributed by atoms with Crippen LogP contribution >= 0.6 is 0 Å². The van der Waals surface area contributed by atoms with Crippen molar-refractivity contribution in [2.75, 3.05) is 6.54 Å². The van der Waals surface area contributed by atoms with Crippen LogP contribution in [0.4, 0.5) is 4.39 Å². The summed E-state index contributed by atoms with van der Waals surface area (Å²) in [6.45, 7) is 5.00. The fourth-order valence-corrected chi connectivity index (χ4v) is 2.44. The van der Waals surface area contributed by atoms with Crippen molar-refractivity contribution in [2.24, 2.45) is 5.92 Å². The van der Waals surface area contributed by atoms with E-state index in [2.05, 4.69) is 18.8 Å². The summed E-state index contributed by atoms with van der Waals surface area (Å²) in [6.07, 6.45) is 3.40. The molecular weight excluding hydrogens is 219 g/mol. The highest BCUT2D eigenvalue weighted by Crippen LogP contribution is 2.25. The zero-order valence-corrected chi connectivity index (χ0v) is 10.2. The maximum atomic E-state index is 13.0. The number of carbonyl (C=O) groups is 1. The molecule has 0 aromatic carbocycles. The number of amides is 1. The van der Waals surface area contributed by atoms with Gasteiger partial charge in [-0.25, -0.2) is 4.98 Å². The standard InChI is InChI=1S/C13H17FN2O/c1-9(2)11-4-3-7-16(11)13(17)10-5-6-15-12(14)8-10/h5-6,8-9,11H,3-4,7H2,1-2H3. The lowest BCUT2D eigenvalue weighted by Crippen LogP contribution is -2.38. The summed E-state index contributed by atoms with van der Waals surface area (Å²) in [5, 5.41) is 0. The van der Waals surface area contributed by atoms with E-state index in [4.69, 9.17) is 0 Å². The van der Waals surface area contributed by atoms with Crippen molar-refractivity contribution < 1.29 is 9.18 Å². The molecule has 1 aliphatic rings. The first kappa shape index (κ1) is 12.0. The molecule has 0 spiro atoms. The van der Waals surface area contributed by atoms with Gasteiger partial charge in [-0.1, -0.05) is 13.8 Å². The summed E-state index contributed by atoms with van der Waals surface area (Å²) < 4.78 is 13.0.